The number of aliphatic carboxylic acids is 1. The van der Waals surface area contributed by atoms with Crippen LogP contribution in [0.5, 0.6) is 17.2 Å². The summed E-state index contributed by atoms with van der Waals surface area (Å²) in [6, 6.07) is 18.7. The average Bonchev–Trinajstić information content (AvgIpc) is 3.84. The number of fused-ring (bicyclic) bond motifs is 3. The van der Waals surface area contributed by atoms with E-state index in [0.29, 0.717) is 24.6 Å². The second-order valence-corrected chi connectivity index (χ2v) is 19.7. The Morgan fingerprint density at radius 2 is 1.91 bits per heavy atom. The molecule has 1 amide bonds. The van der Waals surface area contributed by atoms with Gasteiger partial charge in [0.05, 0.1) is 17.7 Å². The van der Waals surface area contributed by atoms with Gasteiger partial charge in [-0.3, -0.25) is 9.79 Å². The normalized spacial score (nSPS) is 29.9. The monoisotopic (exact) mass is 940 g/mol. The number of primary amides is 1. The zero-order valence-electron chi connectivity index (χ0n) is 36.6. The summed E-state index contributed by atoms with van der Waals surface area (Å²) in [6.45, 7) is 3.94. The molecule has 3 aromatic carbocycles. The third-order valence-corrected chi connectivity index (χ3v) is 15.1. The molecule has 10 unspecified atom stereocenters. The number of allylic oxidation sites excluding steroid dienone is 5. The van der Waals surface area contributed by atoms with Crippen molar-refractivity contribution in [2.24, 2.45) is 28.5 Å². The number of hydrogen-bond donors (Lipinski definition) is 8. The summed E-state index contributed by atoms with van der Waals surface area (Å²) in [4.78, 5) is 29.8. The summed E-state index contributed by atoms with van der Waals surface area (Å²) in [7, 11) is 4.97. The van der Waals surface area contributed by atoms with Crippen LogP contribution in [0.4, 0.5) is 0 Å². The van der Waals surface area contributed by atoms with Crippen LogP contribution >= 0.6 is 21.6 Å². The quantitative estimate of drug-likeness (QED) is 0.108. The maximum absolute atomic E-state index is 12.8. The minimum atomic E-state index is -2.17. The highest BCUT2D eigenvalue weighted by Crippen LogP contribution is 2.44. The van der Waals surface area contributed by atoms with Crippen molar-refractivity contribution in [1.82, 2.24) is 10.6 Å². The van der Waals surface area contributed by atoms with Crippen molar-refractivity contribution in [2.75, 3.05) is 44.9 Å². The lowest BCUT2D eigenvalue weighted by molar-refractivity contribution is -0.316. The fraction of sp³-hybridized carbons (Fsp3) is 0.408. The van der Waals surface area contributed by atoms with Crippen molar-refractivity contribution in [1.29, 1.82) is 0 Å². The van der Waals surface area contributed by atoms with Gasteiger partial charge in [-0.25, -0.2) is 4.79 Å². The Labute approximate surface area is 391 Å². The topological polar surface area (TPSA) is 235 Å². The number of ether oxygens (including phenoxy) is 4. The van der Waals surface area contributed by atoms with Crippen LogP contribution in [0.3, 0.4) is 0 Å². The van der Waals surface area contributed by atoms with Gasteiger partial charge < -0.3 is 60.8 Å². The highest BCUT2D eigenvalue weighted by atomic mass is 33.1. The molecule has 66 heavy (non-hydrogen) atoms. The van der Waals surface area contributed by atoms with Gasteiger partial charge in [0.1, 0.15) is 41.2 Å². The minimum absolute atomic E-state index is 0.00282. The highest BCUT2D eigenvalue weighted by Gasteiger charge is 2.59. The number of phenols is 1. The number of nitrogens with two attached hydrogens (primary N) is 1. The molecule has 2 saturated heterocycles. The fourth-order valence-corrected chi connectivity index (χ4v) is 11.5. The number of aliphatic hydroxyl groups is 3. The number of carbonyl (C=O) groups excluding carboxylic acids is 1. The molecule has 4 aliphatic heterocycles. The van der Waals surface area contributed by atoms with Gasteiger partial charge in [0.25, 0.3) is 5.91 Å². The number of aliphatic imine (C=N–C) groups is 1. The van der Waals surface area contributed by atoms with E-state index in [2.05, 4.69) is 71.1 Å². The molecule has 2 fully saturated rings. The Morgan fingerprint density at radius 1 is 1.11 bits per heavy atom. The molecule has 0 aromatic heterocycles. The van der Waals surface area contributed by atoms with Gasteiger partial charge in [-0.2, -0.15) is 0 Å². The van der Waals surface area contributed by atoms with Crippen LogP contribution in [-0.4, -0.2) is 125 Å². The van der Waals surface area contributed by atoms with Crippen LogP contribution in [0.2, 0.25) is 0 Å². The molecule has 9 N–H and O–H groups in total. The first-order valence-corrected chi connectivity index (χ1v) is 24.5. The van der Waals surface area contributed by atoms with Crippen LogP contribution in [0.25, 0.3) is 16.9 Å². The van der Waals surface area contributed by atoms with E-state index in [9.17, 15) is 35.1 Å². The fourth-order valence-electron chi connectivity index (χ4n) is 9.49. The molecule has 5 aliphatic rings. The predicted octanol–water partition coefficient (Wildman–Crippen LogP) is 5.29. The first kappa shape index (κ1) is 47.4. The molecule has 0 spiro atoms. The van der Waals surface area contributed by atoms with Crippen LogP contribution in [-0.2, 0) is 19.1 Å². The Morgan fingerprint density at radius 3 is 2.65 bits per heavy atom. The number of carboxylic acid groups (broad SMARTS) is 1. The number of hydrogen-bond acceptors (Lipinski definition) is 15. The van der Waals surface area contributed by atoms with Crippen molar-refractivity contribution in [3.05, 3.63) is 119 Å². The zero-order valence-corrected chi connectivity index (χ0v) is 38.3. The van der Waals surface area contributed by atoms with E-state index in [0.717, 1.165) is 30.7 Å². The van der Waals surface area contributed by atoms with E-state index >= 15 is 0 Å². The molecule has 4 heterocycles. The van der Waals surface area contributed by atoms with Gasteiger partial charge in [0.2, 0.25) is 12.4 Å². The number of aliphatic hydroxyl groups excluding tert-OH is 2. The third-order valence-electron chi connectivity index (χ3n) is 13.0. The van der Waals surface area contributed by atoms with Crippen LogP contribution < -0.4 is 25.8 Å². The Hall–Kier alpha value is -5.11. The van der Waals surface area contributed by atoms with E-state index in [4.69, 9.17) is 24.7 Å². The smallest absolute Gasteiger partial charge is 0.335 e. The van der Waals surface area contributed by atoms with Gasteiger partial charge in [-0.1, -0.05) is 89.2 Å². The molecule has 1 aliphatic carbocycles. The van der Waals surface area contributed by atoms with Crippen molar-refractivity contribution in [3.63, 3.8) is 0 Å². The summed E-state index contributed by atoms with van der Waals surface area (Å²) in [6.07, 6.45) is 4.46. The molecular weight excluding hydrogens is 885 g/mol. The first-order chi connectivity index (χ1) is 31.9. The maximum Gasteiger partial charge on any atom is 0.335 e. The average molecular weight is 941 g/mol. The number of β-amino-alcohol motifs (C(OH)–C–C–N with tert-alkyl or cyclic N) is 1. The van der Waals surface area contributed by atoms with Gasteiger partial charge >= 0.3 is 5.97 Å². The lowest BCUT2D eigenvalue weighted by Gasteiger charge is -2.49. The highest BCUT2D eigenvalue weighted by molar-refractivity contribution is 8.76. The molecule has 17 heteroatoms. The van der Waals surface area contributed by atoms with Gasteiger partial charge in [0.15, 0.2) is 11.7 Å². The lowest BCUT2D eigenvalue weighted by Crippen LogP contribution is -2.72. The zero-order chi connectivity index (χ0) is 46.5. The van der Waals surface area contributed by atoms with Gasteiger partial charge in [0, 0.05) is 30.5 Å². The van der Waals surface area contributed by atoms with Crippen molar-refractivity contribution in [3.8, 4) is 17.2 Å². The van der Waals surface area contributed by atoms with Crippen LogP contribution in [0, 0.1) is 17.8 Å². The van der Waals surface area contributed by atoms with Gasteiger partial charge in [-0.15, -0.1) is 0 Å². The Bertz CT molecular complexity index is 2430. The van der Waals surface area contributed by atoms with Crippen LogP contribution in [0.1, 0.15) is 47.9 Å². The van der Waals surface area contributed by atoms with E-state index in [1.54, 1.807) is 10.8 Å². The SMILES string of the molecule is CNCCC1C=CC(=CCC(C)C2CNCC3(O)C(Oc4ccc5c(c4)OC(C(N)=O)C(c4ccc(O)cc4)=C5O)OC(C(=O)O)C(O)C3OCSSCC2C2=CCN=C2)c2ccccc21. The summed E-state index contributed by atoms with van der Waals surface area (Å²) in [5, 5.41) is 62.5. The number of amides is 1. The molecule has 0 radical (unpaired) electrons. The molecule has 350 valence electrons. The summed E-state index contributed by atoms with van der Waals surface area (Å²) in [5.74, 6) is -1.36. The number of carboxylic acids is 1. The third kappa shape index (κ3) is 9.94. The largest absolute Gasteiger partial charge is 0.508 e. The molecule has 3 aromatic rings. The van der Waals surface area contributed by atoms with E-state index < -0.39 is 48.2 Å². The number of rotatable bonds is 12. The molecule has 8 rings (SSSR count). The maximum atomic E-state index is 12.8. The van der Waals surface area contributed by atoms with Crippen LogP contribution in [0.15, 0.2) is 102 Å². The number of aromatic hydroxyl groups is 1. The molecular formula is C49H56N4O11S2. The molecule has 0 bridgehead atoms. The van der Waals surface area contributed by atoms with Crippen molar-refractivity contribution >= 4 is 56.6 Å². The summed E-state index contributed by atoms with van der Waals surface area (Å²) < 4.78 is 24.4. The molecule has 0 saturated carbocycles. The Balaban J connectivity index is 1.08. The van der Waals surface area contributed by atoms with Crippen molar-refractivity contribution < 1.29 is 54.1 Å². The second-order valence-electron chi connectivity index (χ2n) is 17.2. The standard InChI is InChI=1S/C49H56N4O11S2/c1-27(7-8-28-9-10-29(17-19-51-2)35-6-4-3-5-34(28)35)37-23-53-25-49(60)45(61-26-66-65-24-38(37)31-18-20-52-22-31)42(56)44(47(58)59)64-48(49)62-33-15-16-36-39(21-33)63-43(46(50)57)40(41(36)55)30-11-13-32(54)14-12-30/h3-6,8-16,18,21-22,27,29,37-38,42-45,48,51,53-56,60H,7,17,19-20,23-26H2,1-2H3,(H2,50,57)(H,58,59). The van der Waals surface area contributed by atoms with E-state index in [1.807, 2.05) is 13.3 Å². The number of carbonyl (C=O) groups is 2. The lowest BCUT2D eigenvalue weighted by atomic mass is 9.77. The first-order valence-electron chi connectivity index (χ1n) is 22.0. The summed E-state index contributed by atoms with van der Waals surface area (Å²) in [5.41, 5.74) is 9.13. The predicted molar refractivity (Wildman–Crippen MR) is 255 cm³/mol. The number of nitrogens with zero attached hydrogens (tertiary/aromatic N) is 1. The Kier molecular flexibility index (Phi) is 14.9. The van der Waals surface area contributed by atoms with E-state index in [-0.39, 0.29) is 64.4 Å². The van der Waals surface area contributed by atoms with Gasteiger partial charge in [-0.05, 0) is 103 Å². The number of nitrogens with one attached hydrogen (secondary N) is 2. The minimum Gasteiger partial charge on any atom is -0.508 e. The van der Waals surface area contributed by atoms with Crippen molar-refractivity contribution in [2.45, 2.75) is 62.0 Å². The molecule has 10 atom stereocenters. The number of phenolic OH excluding ortho intramolecular Hbond substituents is 1. The van der Waals surface area contributed by atoms with E-state index in [1.165, 1.54) is 70.0 Å². The summed E-state index contributed by atoms with van der Waals surface area (Å²) >= 11 is 0. The second kappa shape index (κ2) is 20.8. The molecule has 15 nitrogen and oxygen atoms in total. The number of benzene rings is 3.